The van der Waals surface area contributed by atoms with Gasteiger partial charge in [-0.1, -0.05) is 0 Å². The molecule has 3 heteroatoms. The van der Waals surface area contributed by atoms with E-state index in [4.69, 9.17) is 4.74 Å². The minimum Gasteiger partial charge on any atom is -0.466 e. The lowest BCUT2D eigenvalue weighted by molar-refractivity contribution is -0.150. The summed E-state index contributed by atoms with van der Waals surface area (Å²) in [5.41, 5.74) is 0. The van der Waals surface area contributed by atoms with E-state index in [-0.39, 0.29) is 11.9 Å². The summed E-state index contributed by atoms with van der Waals surface area (Å²) in [4.78, 5) is 11.4. The summed E-state index contributed by atoms with van der Waals surface area (Å²) in [7, 11) is 0. The van der Waals surface area contributed by atoms with Crippen LogP contribution < -0.4 is 5.32 Å². The van der Waals surface area contributed by atoms with Crippen LogP contribution in [0.5, 0.6) is 0 Å². The first-order chi connectivity index (χ1) is 6.31. The summed E-state index contributed by atoms with van der Waals surface area (Å²) in [6, 6.07) is 0.600. The molecule has 2 fully saturated rings. The molecule has 1 saturated carbocycles. The molecule has 0 aromatic carbocycles. The lowest BCUT2D eigenvalue weighted by Gasteiger charge is -2.44. The van der Waals surface area contributed by atoms with Gasteiger partial charge in [0.05, 0.1) is 12.5 Å². The summed E-state index contributed by atoms with van der Waals surface area (Å²) in [6.45, 7) is 3.53. The van der Waals surface area contributed by atoms with E-state index in [2.05, 4.69) is 5.32 Å². The zero-order valence-corrected chi connectivity index (χ0v) is 8.08. The Morgan fingerprint density at radius 2 is 2.38 bits per heavy atom. The molecule has 2 aliphatic rings. The minimum absolute atomic E-state index is 0.00894. The molecule has 3 unspecified atom stereocenters. The Balaban J connectivity index is 1.84. The van der Waals surface area contributed by atoms with Crippen LogP contribution in [0, 0.1) is 11.8 Å². The van der Waals surface area contributed by atoms with Crippen molar-refractivity contribution in [1.82, 2.24) is 5.32 Å². The molecule has 13 heavy (non-hydrogen) atoms. The summed E-state index contributed by atoms with van der Waals surface area (Å²) < 4.78 is 5.02. The smallest absolute Gasteiger partial charge is 0.308 e. The van der Waals surface area contributed by atoms with Gasteiger partial charge in [0.25, 0.3) is 0 Å². The Morgan fingerprint density at radius 1 is 1.54 bits per heavy atom. The molecule has 3 atom stereocenters. The first-order valence-corrected chi connectivity index (χ1v) is 5.21. The Labute approximate surface area is 78.8 Å². The summed E-state index contributed by atoms with van der Waals surface area (Å²) in [5.74, 6) is 1.01. The van der Waals surface area contributed by atoms with Gasteiger partial charge in [0.15, 0.2) is 0 Å². The molecule has 0 aromatic heterocycles. The third kappa shape index (κ3) is 1.70. The first kappa shape index (κ1) is 9.00. The molecule has 3 nitrogen and oxygen atoms in total. The van der Waals surface area contributed by atoms with Crippen molar-refractivity contribution < 1.29 is 9.53 Å². The van der Waals surface area contributed by atoms with E-state index >= 15 is 0 Å². The van der Waals surface area contributed by atoms with Crippen molar-refractivity contribution >= 4 is 5.97 Å². The Bertz CT molecular complexity index is 205. The highest BCUT2D eigenvalue weighted by Crippen LogP contribution is 2.34. The van der Waals surface area contributed by atoms with Gasteiger partial charge in [0.2, 0.25) is 0 Å². The zero-order chi connectivity index (χ0) is 9.26. The number of carbonyl (C=O) groups excluding carboxylic acids is 1. The Kier molecular flexibility index (Phi) is 2.54. The highest BCUT2D eigenvalue weighted by molar-refractivity contribution is 5.72. The largest absolute Gasteiger partial charge is 0.466 e. The second-order valence-corrected chi connectivity index (χ2v) is 4.04. The molecule has 0 spiro atoms. The van der Waals surface area contributed by atoms with Crippen molar-refractivity contribution in [2.75, 3.05) is 13.2 Å². The number of esters is 1. The Hall–Kier alpha value is -0.570. The number of ether oxygens (including phenoxy) is 1. The highest BCUT2D eigenvalue weighted by atomic mass is 16.5. The maximum Gasteiger partial charge on any atom is 0.308 e. The van der Waals surface area contributed by atoms with Crippen molar-refractivity contribution in [3.63, 3.8) is 0 Å². The van der Waals surface area contributed by atoms with Gasteiger partial charge < -0.3 is 10.1 Å². The van der Waals surface area contributed by atoms with Gasteiger partial charge in [0.1, 0.15) is 0 Å². The van der Waals surface area contributed by atoms with Crippen molar-refractivity contribution in [1.29, 1.82) is 0 Å². The topological polar surface area (TPSA) is 38.3 Å². The van der Waals surface area contributed by atoms with Crippen LogP contribution in [0.25, 0.3) is 0 Å². The van der Waals surface area contributed by atoms with Gasteiger partial charge in [-0.15, -0.1) is 0 Å². The summed E-state index contributed by atoms with van der Waals surface area (Å²) >= 11 is 0. The van der Waals surface area contributed by atoms with Crippen molar-refractivity contribution in [3.8, 4) is 0 Å². The van der Waals surface area contributed by atoms with Crippen LogP contribution in [-0.2, 0) is 9.53 Å². The number of fused-ring (bicyclic) bond motifs is 1. The molecule has 0 amide bonds. The second-order valence-electron chi connectivity index (χ2n) is 4.04. The van der Waals surface area contributed by atoms with Gasteiger partial charge >= 0.3 is 5.97 Å². The first-order valence-electron chi connectivity index (χ1n) is 5.21. The molecule has 1 aliphatic heterocycles. The van der Waals surface area contributed by atoms with E-state index in [1.54, 1.807) is 0 Å². The molecule has 0 bridgehead atoms. The SMILES string of the molecule is CCOC(=O)C1CCC2CNC2C1. The fourth-order valence-electron chi connectivity index (χ4n) is 2.34. The van der Waals surface area contributed by atoms with Crippen molar-refractivity contribution in [2.45, 2.75) is 32.2 Å². The molecule has 1 aliphatic carbocycles. The maximum absolute atomic E-state index is 11.4. The number of rotatable bonds is 2. The summed E-state index contributed by atoms with van der Waals surface area (Å²) in [5, 5.41) is 3.37. The zero-order valence-electron chi connectivity index (χ0n) is 8.08. The van der Waals surface area contributed by atoms with E-state index in [1.807, 2.05) is 6.92 Å². The Morgan fingerprint density at radius 3 is 2.92 bits per heavy atom. The number of nitrogens with one attached hydrogen (secondary N) is 1. The van der Waals surface area contributed by atoms with E-state index in [0.29, 0.717) is 12.6 Å². The second kappa shape index (κ2) is 3.66. The maximum atomic E-state index is 11.4. The van der Waals surface area contributed by atoms with Crippen LogP contribution in [-0.4, -0.2) is 25.2 Å². The van der Waals surface area contributed by atoms with Gasteiger partial charge in [-0.2, -0.15) is 0 Å². The fraction of sp³-hybridized carbons (Fsp3) is 0.900. The van der Waals surface area contributed by atoms with Crippen LogP contribution in [0.3, 0.4) is 0 Å². The standard InChI is InChI=1S/C10H17NO2/c1-2-13-10(12)7-3-4-8-6-11-9(8)5-7/h7-9,11H,2-6H2,1H3. The fourth-order valence-corrected chi connectivity index (χ4v) is 2.34. The number of hydrogen-bond acceptors (Lipinski definition) is 3. The summed E-state index contributed by atoms with van der Waals surface area (Å²) in [6.07, 6.45) is 3.21. The normalized spacial score (nSPS) is 37.5. The van der Waals surface area contributed by atoms with Crippen LogP contribution >= 0.6 is 0 Å². The molecular weight excluding hydrogens is 166 g/mol. The van der Waals surface area contributed by atoms with Gasteiger partial charge in [-0.25, -0.2) is 0 Å². The van der Waals surface area contributed by atoms with Crippen LogP contribution in [0.1, 0.15) is 26.2 Å². The van der Waals surface area contributed by atoms with Gasteiger partial charge in [0, 0.05) is 6.04 Å². The molecule has 0 radical (unpaired) electrons. The third-order valence-corrected chi connectivity index (χ3v) is 3.26. The van der Waals surface area contributed by atoms with E-state index < -0.39 is 0 Å². The average molecular weight is 183 g/mol. The molecule has 1 N–H and O–H groups in total. The predicted molar refractivity (Wildman–Crippen MR) is 49.3 cm³/mol. The van der Waals surface area contributed by atoms with E-state index in [1.165, 1.54) is 6.42 Å². The van der Waals surface area contributed by atoms with E-state index in [0.717, 1.165) is 25.3 Å². The van der Waals surface area contributed by atoms with Crippen molar-refractivity contribution in [3.05, 3.63) is 0 Å². The van der Waals surface area contributed by atoms with Gasteiger partial charge in [-0.05, 0) is 38.6 Å². The molecule has 1 saturated heterocycles. The highest BCUT2D eigenvalue weighted by Gasteiger charge is 2.39. The third-order valence-electron chi connectivity index (χ3n) is 3.26. The predicted octanol–water partition coefficient (Wildman–Crippen LogP) is 0.938. The molecule has 74 valence electrons. The van der Waals surface area contributed by atoms with Crippen LogP contribution in [0.4, 0.5) is 0 Å². The number of hydrogen-bond donors (Lipinski definition) is 1. The van der Waals surface area contributed by atoms with Crippen LogP contribution in [0.2, 0.25) is 0 Å². The molecular formula is C10H17NO2. The van der Waals surface area contributed by atoms with Gasteiger partial charge in [-0.3, -0.25) is 4.79 Å². The lowest BCUT2D eigenvalue weighted by Crippen LogP contribution is -2.56. The molecule has 2 rings (SSSR count). The van der Waals surface area contributed by atoms with E-state index in [9.17, 15) is 4.79 Å². The molecule has 1 heterocycles. The van der Waals surface area contributed by atoms with Crippen molar-refractivity contribution in [2.24, 2.45) is 11.8 Å². The number of carbonyl (C=O) groups is 1. The van der Waals surface area contributed by atoms with Crippen LogP contribution in [0.15, 0.2) is 0 Å². The minimum atomic E-state index is 0.00894. The lowest BCUT2D eigenvalue weighted by atomic mass is 9.74. The monoisotopic (exact) mass is 183 g/mol. The molecule has 0 aromatic rings. The average Bonchev–Trinajstić information content (AvgIpc) is 2.07. The quantitative estimate of drug-likeness (QED) is 0.647.